The maximum atomic E-state index is 14.5. The molecule has 0 unspecified atom stereocenters. The minimum absolute atomic E-state index is 0.283. The average Bonchev–Trinajstić information content (AvgIpc) is 3.44. The number of benzene rings is 3. The Balaban J connectivity index is 1.00. The average molecular weight is 618 g/mol. The van der Waals surface area contributed by atoms with E-state index >= 15 is 0 Å². The predicted octanol–water partition coefficient (Wildman–Crippen LogP) is 6.75. The Morgan fingerprint density at radius 1 is 0.870 bits per heavy atom. The summed E-state index contributed by atoms with van der Waals surface area (Å²) in [5, 5.41) is 7.91. The summed E-state index contributed by atoms with van der Waals surface area (Å²) in [5.41, 5.74) is 7.58. The highest BCUT2D eigenvalue weighted by Crippen LogP contribution is 2.25. The zero-order valence-corrected chi connectivity index (χ0v) is 26.7. The van der Waals surface area contributed by atoms with Crippen LogP contribution in [0.25, 0.3) is 11.9 Å². The second-order valence-electron chi connectivity index (χ2n) is 11.8. The number of aryl methyl sites for hydroxylation is 2. The van der Waals surface area contributed by atoms with Gasteiger partial charge in [0.2, 0.25) is 5.95 Å². The summed E-state index contributed by atoms with van der Waals surface area (Å²) in [6.07, 6.45) is 7.91. The van der Waals surface area contributed by atoms with Crippen molar-refractivity contribution in [2.24, 2.45) is 0 Å². The van der Waals surface area contributed by atoms with Crippen LogP contribution in [-0.2, 0) is 13.2 Å². The summed E-state index contributed by atoms with van der Waals surface area (Å²) in [6.45, 7) is 11.5. The molecule has 1 aliphatic rings. The Hall–Kier alpha value is -5.02. The molecule has 0 amide bonds. The van der Waals surface area contributed by atoms with Gasteiger partial charge in [-0.05, 0) is 38.0 Å². The molecule has 6 rings (SSSR count). The molecule has 0 spiro atoms. The fourth-order valence-corrected chi connectivity index (χ4v) is 5.44. The summed E-state index contributed by atoms with van der Waals surface area (Å²) in [6, 6.07) is 23.4. The van der Waals surface area contributed by atoms with Crippen LogP contribution in [0.4, 0.5) is 16.0 Å². The Bertz CT molecular complexity index is 1780. The molecule has 3 heterocycles. The highest BCUT2D eigenvalue weighted by atomic mass is 19.1. The van der Waals surface area contributed by atoms with E-state index in [-0.39, 0.29) is 5.82 Å². The van der Waals surface area contributed by atoms with Gasteiger partial charge in [-0.1, -0.05) is 71.8 Å². The molecule has 1 fully saturated rings. The molecular weight excluding hydrogens is 577 g/mol. The van der Waals surface area contributed by atoms with Gasteiger partial charge in [0, 0.05) is 74.9 Å². The first-order chi connectivity index (χ1) is 22.4. The minimum Gasteiger partial charge on any atom is -0.489 e. The molecule has 1 N–H and O–H groups in total. The van der Waals surface area contributed by atoms with E-state index in [1.54, 1.807) is 12.3 Å². The Kier molecular flexibility index (Phi) is 9.69. The number of nitrogens with zero attached hydrogens (tertiary/aromatic N) is 6. The smallest absolute Gasteiger partial charge is 0.224 e. The van der Waals surface area contributed by atoms with Crippen molar-refractivity contribution in [3.63, 3.8) is 0 Å². The van der Waals surface area contributed by atoms with Crippen LogP contribution in [-0.4, -0.2) is 57.4 Å². The van der Waals surface area contributed by atoms with Crippen LogP contribution in [0.15, 0.2) is 91.3 Å². The van der Waals surface area contributed by atoms with Gasteiger partial charge < -0.3 is 15.0 Å². The number of rotatable bonds is 11. The molecule has 46 heavy (non-hydrogen) atoms. The summed E-state index contributed by atoms with van der Waals surface area (Å²) < 4.78 is 22.3. The molecule has 5 aromatic rings. The molecule has 8 nitrogen and oxygen atoms in total. The van der Waals surface area contributed by atoms with Crippen molar-refractivity contribution in [3.8, 4) is 11.6 Å². The lowest BCUT2D eigenvalue weighted by atomic mass is 10.1. The van der Waals surface area contributed by atoms with E-state index in [4.69, 9.17) is 4.74 Å². The zero-order chi connectivity index (χ0) is 31.9. The number of anilines is 2. The maximum Gasteiger partial charge on any atom is 0.224 e. The molecule has 0 atom stereocenters. The van der Waals surface area contributed by atoms with Gasteiger partial charge in [-0.3, -0.25) is 4.90 Å². The van der Waals surface area contributed by atoms with Gasteiger partial charge in [0.1, 0.15) is 18.2 Å². The molecule has 1 saturated heterocycles. The topological polar surface area (TPSA) is 71.3 Å². The molecule has 3 aromatic carbocycles. The van der Waals surface area contributed by atoms with Crippen LogP contribution in [0.3, 0.4) is 0 Å². The maximum absolute atomic E-state index is 14.5. The minimum atomic E-state index is -0.283. The molecule has 0 radical (unpaired) electrons. The van der Waals surface area contributed by atoms with Gasteiger partial charge in [0.25, 0.3) is 0 Å². The number of piperazine rings is 1. The molecule has 236 valence electrons. The van der Waals surface area contributed by atoms with E-state index < -0.39 is 0 Å². The molecule has 1 aliphatic heterocycles. The first-order valence-corrected chi connectivity index (χ1v) is 15.7. The van der Waals surface area contributed by atoms with Crippen molar-refractivity contribution in [2.75, 3.05) is 42.9 Å². The molecule has 0 aliphatic carbocycles. The van der Waals surface area contributed by atoms with E-state index in [0.717, 1.165) is 61.0 Å². The Morgan fingerprint density at radius 2 is 1.59 bits per heavy atom. The fourth-order valence-electron chi connectivity index (χ4n) is 5.44. The summed E-state index contributed by atoms with van der Waals surface area (Å²) >= 11 is 0. The van der Waals surface area contributed by atoms with Crippen LogP contribution >= 0.6 is 0 Å². The Morgan fingerprint density at radius 3 is 2.33 bits per heavy atom. The Labute approximate surface area is 270 Å². The lowest BCUT2D eigenvalue weighted by Gasteiger charge is -2.35. The number of hydrogen-bond acceptors (Lipinski definition) is 7. The summed E-state index contributed by atoms with van der Waals surface area (Å²) in [5.74, 6) is 1.55. The molecule has 0 saturated carbocycles. The van der Waals surface area contributed by atoms with Crippen LogP contribution < -0.4 is 15.0 Å². The molecule has 0 bridgehead atoms. The third-order valence-corrected chi connectivity index (χ3v) is 8.26. The second-order valence-corrected chi connectivity index (χ2v) is 11.8. The number of nitrogens with one attached hydrogen (secondary N) is 1. The van der Waals surface area contributed by atoms with Gasteiger partial charge in [0.05, 0.1) is 11.9 Å². The van der Waals surface area contributed by atoms with Gasteiger partial charge in [0.15, 0.2) is 5.82 Å². The lowest BCUT2D eigenvalue weighted by molar-refractivity contribution is 0.283. The van der Waals surface area contributed by atoms with Crippen LogP contribution in [0.2, 0.25) is 0 Å². The van der Waals surface area contributed by atoms with Crippen molar-refractivity contribution >= 4 is 17.7 Å². The predicted molar refractivity (Wildman–Crippen MR) is 182 cm³/mol. The first-order valence-electron chi connectivity index (χ1n) is 15.7. The lowest BCUT2D eigenvalue weighted by Crippen LogP contribution is -2.46. The van der Waals surface area contributed by atoms with Gasteiger partial charge in [-0.15, -0.1) is 0 Å². The second kappa shape index (κ2) is 14.4. The highest BCUT2D eigenvalue weighted by molar-refractivity contribution is 5.53. The van der Waals surface area contributed by atoms with E-state index in [0.29, 0.717) is 24.8 Å². The monoisotopic (exact) mass is 617 g/mol. The van der Waals surface area contributed by atoms with E-state index in [1.807, 2.05) is 42.1 Å². The quantitative estimate of drug-likeness (QED) is 0.176. The van der Waals surface area contributed by atoms with E-state index in [1.165, 1.54) is 22.8 Å². The van der Waals surface area contributed by atoms with Gasteiger partial charge >= 0.3 is 0 Å². The van der Waals surface area contributed by atoms with Crippen molar-refractivity contribution in [1.29, 1.82) is 0 Å². The van der Waals surface area contributed by atoms with E-state index in [2.05, 4.69) is 92.6 Å². The molecular formula is C37H40FN7O. The van der Waals surface area contributed by atoms with E-state index in [9.17, 15) is 4.39 Å². The first kappa shape index (κ1) is 31.0. The van der Waals surface area contributed by atoms with Crippen molar-refractivity contribution in [3.05, 3.63) is 131 Å². The van der Waals surface area contributed by atoms with Crippen molar-refractivity contribution in [2.45, 2.75) is 33.9 Å². The fraction of sp³-hybridized carbons (Fsp3) is 0.270. The third-order valence-electron chi connectivity index (χ3n) is 8.26. The number of aromatic nitrogens is 4. The number of ether oxygens (including phenoxy) is 1. The molecule has 9 heteroatoms. The SMILES string of the molecule is Cc1ccc(CNc2nccc(-n3ncc(/C=C/CN4CCN(c5cc(F)cc(OCc6ccc(C)cc6)c5)CC4)c3C)n2)cc1. The summed E-state index contributed by atoms with van der Waals surface area (Å²) in [4.78, 5) is 13.7. The molecule has 2 aromatic heterocycles. The normalized spacial score (nSPS) is 13.8. The zero-order valence-electron chi connectivity index (χ0n) is 26.7. The van der Waals surface area contributed by atoms with Gasteiger partial charge in [-0.25, -0.2) is 14.1 Å². The van der Waals surface area contributed by atoms with Crippen LogP contribution in [0.1, 0.15) is 33.5 Å². The highest BCUT2D eigenvalue weighted by Gasteiger charge is 2.18. The van der Waals surface area contributed by atoms with Crippen molar-refractivity contribution in [1.82, 2.24) is 24.6 Å². The third kappa shape index (κ3) is 7.97. The number of halogens is 1. The largest absolute Gasteiger partial charge is 0.489 e. The standard InChI is InChI=1S/C37H40FN7O/c1-27-6-10-30(11-7-27)24-40-37-39-15-14-36(42-37)45-29(3)32(25-41-45)5-4-16-43-17-19-44(20-18-43)34-21-33(38)22-35(23-34)46-26-31-12-8-28(2)9-13-31/h4-15,21-23,25H,16-20,24,26H2,1-3H3,(H,39,40,42)/b5-4+. The summed E-state index contributed by atoms with van der Waals surface area (Å²) in [7, 11) is 0. The van der Waals surface area contributed by atoms with Gasteiger partial charge in [-0.2, -0.15) is 10.1 Å². The van der Waals surface area contributed by atoms with Crippen LogP contribution in [0.5, 0.6) is 5.75 Å². The van der Waals surface area contributed by atoms with Crippen molar-refractivity contribution < 1.29 is 9.13 Å². The van der Waals surface area contributed by atoms with Crippen LogP contribution in [0, 0.1) is 26.6 Å². The number of hydrogen-bond donors (Lipinski definition) is 1.